The summed E-state index contributed by atoms with van der Waals surface area (Å²) in [5.41, 5.74) is 30.7. The third-order valence-electron chi connectivity index (χ3n) is 18.8. The predicted molar refractivity (Wildman–Crippen MR) is 465 cm³/mol. The van der Waals surface area contributed by atoms with Gasteiger partial charge in [-0.15, -0.1) is 0 Å². The summed E-state index contributed by atoms with van der Waals surface area (Å²) in [5.74, 6) is 1.82. The Labute approximate surface area is 698 Å². The molecule has 0 unspecified atom stereocenters. The van der Waals surface area contributed by atoms with Gasteiger partial charge in [0.1, 0.15) is 69.0 Å². The van der Waals surface area contributed by atoms with Gasteiger partial charge in [-0.3, -0.25) is 32.4 Å². The molecule has 10 heterocycles. The van der Waals surface area contributed by atoms with E-state index in [9.17, 15) is 20.0 Å². The molecule has 0 aliphatic carbocycles. The Morgan fingerprint density at radius 1 is 0.345 bits per heavy atom. The molecule has 9 N–H and O–H groups in total. The number of nitriles is 3. The smallest absolute Gasteiger partial charge is 0.269 e. The molecule has 0 spiro atoms. The number of aromatic hydroxyl groups is 1. The molecule has 0 aliphatic heterocycles. The standard InChI is InChI=1S/C21H19N5O.C19H15N5O2S.C19H13N5S.2C14H11N5S/c1-12-4-8-15(9-5-12)20-24-17(19(22)27)18-21(25-20)26(14(3)23-18)16-10-6-13(2)7-11-16;1-10-7-8-11(9-13(10)25)17-21-14(16(20)26)15-18(23-17)24(19(27)22-15)12-5-3-2-4-6-12;1-12-7-9-13(10-8-12)17-21-15(11-20)16-18(23-17)24(19(25)22-16)14-5-3-2-4-6-14;2*1-8-3-5-10(6-4-8)19-13-12(18-14(19)20)11(7-15)16-9(2)17-13/h4-11H,1-3H3,(H2,22,27);2-9,25H,1H3,(H2,20,26)(H,22,27);2-10H,1H3,(H,22,25);2*3-6H,1-2H3,(H,18,20). The highest BCUT2D eigenvalue weighted by Gasteiger charge is 2.24. The van der Waals surface area contributed by atoms with E-state index in [1.165, 1.54) is 11.1 Å². The van der Waals surface area contributed by atoms with Crippen LogP contribution < -0.4 is 11.5 Å². The number of rotatable bonds is 10. The average Bonchev–Trinajstić information content (AvgIpc) is 1.68. The van der Waals surface area contributed by atoms with E-state index in [0.717, 1.165) is 61.8 Å². The molecule has 28 nitrogen and oxygen atoms in total. The van der Waals surface area contributed by atoms with Crippen LogP contribution in [0.4, 0.5) is 0 Å². The largest absolute Gasteiger partial charge is 0.508 e. The number of H-pyrrole nitrogens is 4. The van der Waals surface area contributed by atoms with Crippen LogP contribution in [0.5, 0.6) is 5.75 Å². The third-order valence-corrected chi connectivity index (χ3v) is 20.0. The number of nitrogens with one attached hydrogen (secondary N) is 4. The summed E-state index contributed by atoms with van der Waals surface area (Å²) in [7, 11) is 0. The van der Waals surface area contributed by atoms with Crippen LogP contribution in [0.15, 0.2) is 200 Å². The minimum absolute atomic E-state index is 0.0378. The molecule has 584 valence electrons. The Morgan fingerprint density at radius 2 is 0.655 bits per heavy atom. The number of aromatic amines is 4. The van der Waals surface area contributed by atoms with Gasteiger partial charge in [-0.25, -0.2) is 54.8 Å². The minimum Gasteiger partial charge on any atom is -0.508 e. The van der Waals surface area contributed by atoms with Crippen LogP contribution in [0.3, 0.4) is 0 Å². The van der Waals surface area contributed by atoms with Gasteiger partial charge in [0.05, 0.1) is 0 Å². The van der Waals surface area contributed by atoms with E-state index in [2.05, 4.69) is 88.0 Å². The number of para-hydroxylation sites is 2. The van der Waals surface area contributed by atoms with Crippen molar-refractivity contribution in [1.29, 1.82) is 15.8 Å². The maximum absolute atomic E-state index is 12.0. The third kappa shape index (κ3) is 16.7. The number of carbonyl (C=O) groups is 2. The normalized spacial score (nSPS) is 10.8. The molecule has 0 fully saturated rings. The summed E-state index contributed by atoms with van der Waals surface area (Å²) < 4.78 is 11.0. The topological polar surface area (TPSA) is 407 Å². The second-order valence-corrected chi connectivity index (χ2v) is 29.0. The molecule has 0 radical (unpaired) electrons. The van der Waals surface area contributed by atoms with Gasteiger partial charge in [0.15, 0.2) is 93.3 Å². The molecule has 10 aromatic heterocycles. The van der Waals surface area contributed by atoms with Crippen molar-refractivity contribution in [1.82, 2.24) is 97.6 Å². The SMILES string of the molecule is Cc1ccc(-c2nc(C#N)c3[nH]c(=S)n(-c4ccccc4)c3n2)cc1.Cc1ccc(-c2nc(C(N)=O)c3[nH]c(=S)n(-c4ccccc4)c3n2)cc1O.Cc1ccc(-c2nc(C(N)=O)c3nc(C)n(-c4ccc(C)cc4)c3n2)cc1.Cc1ccc(-n2c(=S)[nH]c3c(C#N)nc(C)nc32)cc1.Cc1ccc(-n2c(=S)[nH]c3c(C#N)nc(C)nc32)cc1. The Morgan fingerprint density at radius 3 is 1.04 bits per heavy atom. The molecule has 0 saturated heterocycles. The maximum atomic E-state index is 12.0. The van der Waals surface area contributed by atoms with Crippen LogP contribution in [-0.4, -0.2) is 115 Å². The lowest BCUT2D eigenvalue weighted by Gasteiger charge is -2.08. The number of phenolic OH excluding ortho intramolecular Hbond substituents is 1. The lowest BCUT2D eigenvalue weighted by Crippen LogP contribution is -2.15. The number of nitrogens with zero attached hydrogens (tertiary/aromatic N) is 19. The predicted octanol–water partition coefficient (Wildman–Crippen LogP) is 17.0. The summed E-state index contributed by atoms with van der Waals surface area (Å²) in [6.45, 7) is 17.3. The van der Waals surface area contributed by atoms with Gasteiger partial charge in [-0.2, -0.15) is 15.8 Å². The van der Waals surface area contributed by atoms with Crippen LogP contribution in [0.1, 0.15) is 88.9 Å². The second-order valence-electron chi connectivity index (χ2n) is 27.4. The number of amides is 2. The molecule has 8 aromatic carbocycles. The number of primary amides is 2. The zero-order valence-corrected chi connectivity index (χ0v) is 68.4. The van der Waals surface area contributed by atoms with E-state index in [1.54, 1.807) is 43.5 Å². The number of aromatic nitrogens is 20. The van der Waals surface area contributed by atoms with Crippen molar-refractivity contribution in [3.05, 3.63) is 299 Å². The molecular formula is C87H69N25O3S4. The number of hydrogen-bond donors (Lipinski definition) is 7. The van der Waals surface area contributed by atoms with Gasteiger partial charge in [-0.05, 0) is 183 Å². The Bertz CT molecular complexity index is 7260. The first-order valence-electron chi connectivity index (χ1n) is 36.6. The van der Waals surface area contributed by atoms with Gasteiger partial charge in [-0.1, -0.05) is 161 Å². The van der Waals surface area contributed by atoms with E-state index in [-0.39, 0.29) is 28.7 Å². The lowest BCUT2D eigenvalue weighted by molar-refractivity contribution is 0.0988. The van der Waals surface area contributed by atoms with Crippen molar-refractivity contribution < 1.29 is 14.7 Å². The fourth-order valence-corrected chi connectivity index (χ4v) is 14.0. The van der Waals surface area contributed by atoms with Crippen LogP contribution in [-0.2, 0) is 0 Å². The van der Waals surface area contributed by atoms with Crippen LogP contribution in [0.2, 0.25) is 0 Å². The van der Waals surface area contributed by atoms with Gasteiger partial charge in [0.25, 0.3) is 11.8 Å². The molecule has 0 saturated carbocycles. The fraction of sp³-hybridized carbons (Fsp3) is 0.103. The minimum atomic E-state index is -0.698. The van der Waals surface area contributed by atoms with Gasteiger partial charge in [0, 0.05) is 45.1 Å². The van der Waals surface area contributed by atoms with Crippen LogP contribution >= 0.6 is 48.9 Å². The van der Waals surface area contributed by atoms with E-state index in [1.807, 2.05) is 242 Å². The number of fused-ring (bicyclic) bond motifs is 5. The zero-order valence-electron chi connectivity index (χ0n) is 65.1. The quantitative estimate of drug-likeness (QED) is 0.0625. The number of carbonyl (C=O) groups excluding carboxylic acids is 2. The molecule has 0 atom stereocenters. The van der Waals surface area contributed by atoms with Crippen LogP contribution in [0, 0.1) is 115 Å². The highest BCUT2D eigenvalue weighted by Crippen LogP contribution is 2.32. The number of imidazole rings is 5. The van der Waals surface area contributed by atoms with E-state index >= 15 is 0 Å². The highest BCUT2D eigenvalue weighted by molar-refractivity contribution is 7.72. The molecule has 2 amide bonds. The van der Waals surface area contributed by atoms with Crippen molar-refractivity contribution in [2.24, 2.45) is 11.5 Å². The first kappa shape index (κ1) is 80.2. The van der Waals surface area contributed by atoms with Crippen molar-refractivity contribution in [3.8, 4) is 86.6 Å². The molecule has 18 aromatic rings. The first-order valence-corrected chi connectivity index (χ1v) is 38.3. The van der Waals surface area contributed by atoms with Gasteiger partial charge >= 0.3 is 0 Å². The number of benzene rings is 8. The molecule has 0 aliphatic rings. The van der Waals surface area contributed by atoms with E-state index in [4.69, 9.17) is 75.8 Å². The first-order chi connectivity index (χ1) is 57.3. The molecule has 32 heteroatoms. The number of hydrogen-bond acceptors (Lipinski definition) is 21. The number of phenols is 1. The Balaban J connectivity index is 0.000000123. The van der Waals surface area contributed by atoms with Crippen molar-refractivity contribution >= 4 is 117 Å². The summed E-state index contributed by atoms with van der Waals surface area (Å²) in [6.07, 6.45) is 0. The zero-order chi connectivity index (χ0) is 84.2. The number of nitrogens with two attached hydrogens (primary N) is 2. The maximum Gasteiger partial charge on any atom is 0.269 e. The van der Waals surface area contributed by atoms with Gasteiger partial charge < -0.3 is 36.5 Å². The molecule has 119 heavy (non-hydrogen) atoms. The fourth-order valence-electron chi connectivity index (χ4n) is 12.9. The van der Waals surface area contributed by atoms with Crippen molar-refractivity contribution in [2.75, 3.05) is 0 Å². The summed E-state index contributed by atoms with van der Waals surface area (Å²) in [4.78, 5) is 84.8. The number of aryl methyl sites for hydroxylation is 9. The second kappa shape index (κ2) is 34.0. The molecule has 18 rings (SSSR count). The molecule has 0 bridgehead atoms. The lowest BCUT2D eigenvalue weighted by atomic mass is 10.1. The molecular weight excluding hydrogens is 1570 g/mol. The summed E-state index contributed by atoms with van der Waals surface area (Å²) in [6, 6.07) is 70.2. The van der Waals surface area contributed by atoms with Crippen molar-refractivity contribution in [2.45, 2.75) is 62.3 Å². The summed E-state index contributed by atoms with van der Waals surface area (Å²) >= 11 is 21.6. The summed E-state index contributed by atoms with van der Waals surface area (Å²) in [5, 5.41) is 37.9. The van der Waals surface area contributed by atoms with E-state index in [0.29, 0.717) is 121 Å². The highest BCUT2D eigenvalue weighted by atomic mass is 32.1. The van der Waals surface area contributed by atoms with Crippen molar-refractivity contribution in [3.63, 3.8) is 0 Å². The van der Waals surface area contributed by atoms with Gasteiger partial charge in [0.2, 0.25) is 0 Å². The Hall–Kier alpha value is -15.4. The Kier molecular flexibility index (Phi) is 22.9. The average molecular weight is 1640 g/mol. The monoisotopic (exact) mass is 1640 g/mol. The van der Waals surface area contributed by atoms with E-state index < -0.39 is 11.8 Å². The van der Waals surface area contributed by atoms with Crippen LogP contribution in [0.25, 0.3) is 118 Å².